The molecule has 13 heavy (non-hydrogen) atoms. The third-order valence-electron chi connectivity index (χ3n) is 1.56. The average molecular weight is 189 g/mol. The quantitative estimate of drug-likeness (QED) is 0.731. The molecule has 2 N–H and O–H groups in total. The van der Waals surface area contributed by atoms with E-state index in [-0.39, 0.29) is 6.54 Å². The molecule has 0 aliphatic heterocycles. The van der Waals surface area contributed by atoms with Crippen LogP contribution in [0.15, 0.2) is 6.33 Å². The molecule has 0 saturated carbocycles. The smallest absolute Gasteiger partial charge is 0.315 e. The first-order valence-electron chi connectivity index (χ1n) is 3.66. The number of hydrogen-bond donors (Lipinski definition) is 2. The SMILES string of the molecule is Cc1[nH]cnc1CNC(=O)C(F)F. The number of halogens is 2. The van der Waals surface area contributed by atoms with Crippen LogP contribution in [0.1, 0.15) is 11.4 Å². The zero-order valence-corrected chi connectivity index (χ0v) is 6.97. The molecule has 0 saturated heterocycles. The van der Waals surface area contributed by atoms with Gasteiger partial charge in [-0.05, 0) is 6.92 Å². The van der Waals surface area contributed by atoms with E-state index in [9.17, 15) is 13.6 Å². The number of H-pyrrole nitrogens is 1. The van der Waals surface area contributed by atoms with Gasteiger partial charge in [-0.15, -0.1) is 0 Å². The Morgan fingerprint density at radius 1 is 1.77 bits per heavy atom. The third kappa shape index (κ3) is 2.50. The zero-order chi connectivity index (χ0) is 9.84. The molecule has 72 valence electrons. The fourth-order valence-corrected chi connectivity index (χ4v) is 0.813. The van der Waals surface area contributed by atoms with E-state index in [1.165, 1.54) is 6.33 Å². The molecule has 0 spiro atoms. The number of aromatic nitrogens is 2. The molecular formula is C7H9F2N3O. The molecule has 0 aliphatic carbocycles. The Kier molecular flexibility index (Phi) is 2.94. The summed E-state index contributed by atoms with van der Waals surface area (Å²) in [6.07, 6.45) is -1.53. The molecule has 1 amide bonds. The summed E-state index contributed by atoms with van der Waals surface area (Å²) in [6.45, 7) is 1.77. The standard InChI is InChI=1S/C7H9F2N3O/c1-4-5(12-3-11-4)2-10-7(13)6(8)9/h3,6H,2H2,1H3,(H,10,13)(H,11,12). The Labute approximate surface area is 73.4 Å². The van der Waals surface area contributed by atoms with Crippen LogP contribution in [0.2, 0.25) is 0 Å². The number of imidazole rings is 1. The molecule has 0 fully saturated rings. The number of nitrogens with zero attached hydrogens (tertiary/aromatic N) is 1. The van der Waals surface area contributed by atoms with E-state index in [0.717, 1.165) is 5.69 Å². The van der Waals surface area contributed by atoms with E-state index in [4.69, 9.17) is 0 Å². The minimum Gasteiger partial charge on any atom is -0.348 e. The van der Waals surface area contributed by atoms with Crippen molar-refractivity contribution in [2.75, 3.05) is 0 Å². The van der Waals surface area contributed by atoms with Gasteiger partial charge in [0.05, 0.1) is 18.6 Å². The summed E-state index contributed by atoms with van der Waals surface area (Å²) in [5.74, 6) is -1.28. The van der Waals surface area contributed by atoms with Gasteiger partial charge in [0, 0.05) is 5.69 Å². The van der Waals surface area contributed by atoms with Crippen molar-refractivity contribution in [3.05, 3.63) is 17.7 Å². The molecule has 1 rings (SSSR count). The maximum atomic E-state index is 11.7. The summed E-state index contributed by atoms with van der Waals surface area (Å²) in [7, 11) is 0. The summed E-state index contributed by atoms with van der Waals surface area (Å²) in [6, 6.07) is 0. The Balaban J connectivity index is 2.44. The second-order valence-corrected chi connectivity index (χ2v) is 2.49. The average Bonchev–Trinajstić information content (AvgIpc) is 2.47. The molecule has 6 heteroatoms. The Hall–Kier alpha value is -1.46. The molecule has 0 radical (unpaired) electrons. The number of rotatable bonds is 3. The maximum absolute atomic E-state index is 11.7. The number of aromatic amines is 1. The van der Waals surface area contributed by atoms with Crippen molar-refractivity contribution in [3.63, 3.8) is 0 Å². The number of carbonyl (C=O) groups is 1. The molecule has 4 nitrogen and oxygen atoms in total. The van der Waals surface area contributed by atoms with Crippen molar-refractivity contribution in [1.82, 2.24) is 15.3 Å². The predicted molar refractivity (Wildman–Crippen MR) is 41.2 cm³/mol. The van der Waals surface area contributed by atoms with Gasteiger partial charge in [-0.1, -0.05) is 0 Å². The number of amides is 1. The monoisotopic (exact) mass is 189 g/mol. The maximum Gasteiger partial charge on any atom is 0.315 e. The van der Waals surface area contributed by atoms with Crippen molar-refractivity contribution in [1.29, 1.82) is 0 Å². The predicted octanol–water partition coefficient (Wildman–Crippen LogP) is 0.599. The van der Waals surface area contributed by atoms with Crippen LogP contribution in [0, 0.1) is 6.92 Å². The van der Waals surface area contributed by atoms with Crippen molar-refractivity contribution >= 4 is 5.91 Å². The summed E-state index contributed by atoms with van der Waals surface area (Å²) >= 11 is 0. The van der Waals surface area contributed by atoms with E-state index < -0.39 is 12.3 Å². The van der Waals surface area contributed by atoms with Gasteiger partial charge in [0.2, 0.25) is 0 Å². The van der Waals surface area contributed by atoms with Crippen LogP contribution in [0.4, 0.5) is 8.78 Å². The lowest BCUT2D eigenvalue weighted by Crippen LogP contribution is -2.29. The Morgan fingerprint density at radius 3 is 2.92 bits per heavy atom. The summed E-state index contributed by atoms with van der Waals surface area (Å²) in [5, 5.41) is 2.05. The number of nitrogens with one attached hydrogen (secondary N) is 2. The minimum atomic E-state index is -2.97. The van der Waals surface area contributed by atoms with Crippen LogP contribution in [0.25, 0.3) is 0 Å². The molecule has 0 unspecified atom stereocenters. The Morgan fingerprint density at radius 2 is 2.46 bits per heavy atom. The van der Waals surface area contributed by atoms with Crippen LogP contribution in [0.3, 0.4) is 0 Å². The number of hydrogen-bond acceptors (Lipinski definition) is 2. The topological polar surface area (TPSA) is 57.8 Å². The molecule has 0 atom stereocenters. The van der Waals surface area contributed by atoms with Crippen molar-refractivity contribution in [2.45, 2.75) is 19.9 Å². The highest BCUT2D eigenvalue weighted by molar-refractivity contribution is 5.78. The van der Waals surface area contributed by atoms with Crippen LogP contribution < -0.4 is 5.32 Å². The van der Waals surface area contributed by atoms with E-state index in [0.29, 0.717) is 5.69 Å². The van der Waals surface area contributed by atoms with Crippen LogP contribution in [0.5, 0.6) is 0 Å². The molecule has 0 bridgehead atoms. The van der Waals surface area contributed by atoms with Crippen molar-refractivity contribution in [3.8, 4) is 0 Å². The van der Waals surface area contributed by atoms with Crippen LogP contribution in [-0.4, -0.2) is 22.3 Å². The second kappa shape index (κ2) is 3.97. The van der Waals surface area contributed by atoms with E-state index in [1.807, 2.05) is 0 Å². The molecular weight excluding hydrogens is 180 g/mol. The van der Waals surface area contributed by atoms with Crippen molar-refractivity contribution in [2.24, 2.45) is 0 Å². The van der Waals surface area contributed by atoms with E-state index >= 15 is 0 Å². The first-order valence-corrected chi connectivity index (χ1v) is 3.66. The normalized spacial score (nSPS) is 10.5. The highest BCUT2D eigenvalue weighted by atomic mass is 19.3. The van der Waals surface area contributed by atoms with Crippen LogP contribution >= 0.6 is 0 Å². The van der Waals surface area contributed by atoms with Gasteiger partial charge in [-0.2, -0.15) is 8.78 Å². The minimum absolute atomic E-state index is 0.0263. The molecule has 1 aromatic heterocycles. The third-order valence-corrected chi connectivity index (χ3v) is 1.56. The van der Waals surface area contributed by atoms with Gasteiger partial charge in [0.1, 0.15) is 0 Å². The van der Waals surface area contributed by atoms with Gasteiger partial charge >= 0.3 is 6.43 Å². The van der Waals surface area contributed by atoms with Gasteiger partial charge in [0.25, 0.3) is 5.91 Å². The van der Waals surface area contributed by atoms with E-state index in [2.05, 4.69) is 15.3 Å². The molecule has 0 aliphatic rings. The highest BCUT2D eigenvalue weighted by Crippen LogP contribution is 2.00. The summed E-state index contributed by atoms with van der Waals surface area (Å²) < 4.78 is 23.4. The summed E-state index contributed by atoms with van der Waals surface area (Å²) in [5.41, 5.74) is 1.32. The van der Waals surface area contributed by atoms with Gasteiger partial charge in [-0.3, -0.25) is 4.79 Å². The van der Waals surface area contributed by atoms with Gasteiger partial charge < -0.3 is 10.3 Å². The molecule has 1 heterocycles. The van der Waals surface area contributed by atoms with Crippen molar-refractivity contribution < 1.29 is 13.6 Å². The molecule has 1 aromatic rings. The fourth-order valence-electron chi connectivity index (χ4n) is 0.813. The lowest BCUT2D eigenvalue weighted by Gasteiger charge is -2.01. The van der Waals surface area contributed by atoms with E-state index in [1.54, 1.807) is 6.92 Å². The van der Waals surface area contributed by atoms with Gasteiger partial charge in [0.15, 0.2) is 0 Å². The second-order valence-electron chi connectivity index (χ2n) is 2.49. The lowest BCUT2D eigenvalue weighted by atomic mass is 10.3. The van der Waals surface area contributed by atoms with Gasteiger partial charge in [-0.25, -0.2) is 4.98 Å². The molecule has 0 aromatic carbocycles. The lowest BCUT2D eigenvalue weighted by molar-refractivity contribution is -0.131. The number of alkyl halides is 2. The number of carbonyl (C=O) groups excluding carboxylic acids is 1. The van der Waals surface area contributed by atoms with Crippen LogP contribution in [-0.2, 0) is 11.3 Å². The number of aryl methyl sites for hydroxylation is 1. The largest absolute Gasteiger partial charge is 0.348 e. The zero-order valence-electron chi connectivity index (χ0n) is 6.97. The fraction of sp³-hybridized carbons (Fsp3) is 0.429. The summed E-state index contributed by atoms with van der Waals surface area (Å²) in [4.78, 5) is 17.1. The Bertz CT molecular complexity index is 298. The first-order chi connectivity index (χ1) is 6.11. The highest BCUT2D eigenvalue weighted by Gasteiger charge is 2.14. The first kappa shape index (κ1) is 9.63.